The molecule has 0 saturated heterocycles. The fraction of sp³-hybridized carbons (Fsp3) is 0.579. The molecule has 0 saturated carbocycles. The summed E-state index contributed by atoms with van der Waals surface area (Å²) < 4.78 is 5.04. The van der Waals surface area contributed by atoms with Gasteiger partial charge in [0.15, 0.2) is 6.61 Å². The molecule has 0 unspecified atom stereocenters. The lowest BCUT2D eigenvalue weighted by Crippen LogP contribution is -2.31. The van der Waals surface area contributed by atoms with Gasteiger partial charge in [0.1, 0.15) is 15.9 Å². The van der Waals surface area contributed by atoms with Crippen molar-refractivity contribution in [3.8, 4) is 0 Å². The molecule has 0 fully saturated rings. The van der Waals surface area contributed by atoms with Crippen LogP contribution in [0.15, 0.2) is 4.79 Å². The van der Waals surface area contributed by atoms with Gasteiger partial charge in [-0.15, -0.1) is 23.1 Å². The minimum atomic E-state index is -0.462. The van der Waals surface area contributed by atoms with Crippen LogP contribution >= 0.6 is 23.1 Å². The number of rotatable bonds is 8. The van der Waals surface area contributed by atoms with Crippen LogP contribution < -0.4 is 10.9 Å². The standard InChI is InChI=1S/C19H25N3O4S2/c1-3-8-20-15(23)9-26-19(25)11(2)27-10-14-21-17(24)16-12-6-4-5-7-13(12)28-18(16)22-14/h11H,3-10H2,1-2H3,(H,20,23)(H,21,22,24)/t11-/m0/s1. The number of thiophene rings is 1. The minimum absolute atomic E-state index is 0.0946. The lowest BCUT2D eigenvalue weighted by atomic mass is 9.97. The van der Waals surface area contributed by atoms with E-state index in [0.717, 1.165) is 47.9 Å². The molecule has 1 aliphatic carbocycles. The number of amides is 1. The third-order valence-corrected chi connectivity index (χ3v) is 6.91. The summed E-state index contributed by atoms with van der Waals surface area (Å²) in [6, 6.07) is 0. The highest BCUT2D eigenvalue weighted by Gasteiger charge is 2.21. The van der Waals surface area contributed by atoms with E-state index in [-0.39, 0.29) is 18.1 Å². The molecule has 28 heavy (non-hydrogen) atoms. The molecule has 1 aliphatic rings. The highest BCUT2D eigenvalue weighted by atomic mass is 32.2. The molecule has 0 radical (unpaired) electrons. The molecule has 2 N–H and O–H groups in total. The van der Waals surface area contributed by atoms with Crippen LogP contribution in [-0.4, -0.2) is 40.2 Å². The smallest absolute Gasteiger partial charge is 0.319 e. The van der Waals surface area contributed by atoms with Gasteiger partial charge < -0.3 is 15.0 Å². The summed E-state index contributed by atoms with van der Waals surface area (Å²) in [5.74, 6) is 0.199. The van der Waals surface area contributed by atoms with Gasteiger partial charge in [-0.1, -0.05) is 6.92 Å². The van der Waals surface area contributed by atoms with Crippen LogP contribution in [0.5, 0.6) is 0 Å². The molecular weight excluding hydrogens is 398 g/mol. The van der Waals surface area contributed by atoms with Crippen molar-refractivity contribution >= 4 is 45.2 Å². The number of aromatic nitrogens is 2. The monoisotopic (exact) mass is 423 g/mol. The largest absolute Gasteiger partial charge is 0.455 e. The van der Waals surface area contributed by atoms with Gasteiger partial charge in [-0.3, -0.25) is 14.4 Å². The van der Waals surface area contributed by atoms with Crippen LogP contribution in [0.25, 0.3) is 10.2 Å². The van der Waals surface area contributed by atoms with E-state index in [0.29, 0.717) is 18.1 Å². The predicted octanol–water partition coefficient (Wildman–Crippen LogP) is 2.55. The molecule has 7 nitrogen and oxygen atoms in total. The number of aromatic amines is 1. The maximum atomic E-state index is 12.5. The van der Waals surface area contributed by atoms with E-state index < -0.39 is 11.2 Å². The SMILES string of the molecule is CCCNC(=O)COC(=O)[C@H](C)SCc1nc2sc3c(c2c(=O)[nH]1)CCCC3. The number of esters is 1. The lowest BCUT2D eigenvalue weighted by Gasteiger charge is -2.11. The average molecular weight is 424 g/mol. The van der Waals surface area contributed by atoms with E-state index in [1.54, 1.807) is 18.3 Å². The summed E-state index contributed by atoms with van der Waals surface area (Å²) in [6.45, 7) is 3.96. The van der Waals surface area contributed by atoms with Crippen LogP contribution in [-0.2, 0) is 32.9 Å². The Kier molecular flexibility index (Phi) is 7.12. The molecule has 0 aromatic carbocycles. The van der Waals surface area contributed by atoms with Gasteiger partial charge in [-0.25, -0.2) is 4.98 Å². The normalized spacial score (nSPS) is 14.5. The van der Waals surface area contributed by atoms with E-state index in [1.807, 2.05) is 6.92 Å². The summed E-state index contributed by atoms with van der Waals surface area (Å²) in [7, 11) is 0. The Morgan fingerprint density at radius 1 is 1.36 bits per heavy atom. The van der Waals surface area contributed by atoms with Crippen molar-refractivity contribution in [1.29, 1.82) is 0 Å². The van der Waals surface area contributed by atoms with Gasteiger partial charge in [0, 0.05) is 11.4 Å². The average Bonchev–Trinajstić information content (AvgIpc) is 3.07. The second kappa shape index (κ2) is 9.56. The van der Waals surface area contributed by atoms with Crippen molar-refractivity contribution in [3.05, 3.63) is 26.6 Å². The Labute approximate surface area is 171 Å². The third kappa shape index (κ3) is 4.94. The Balaban J connectivity index is 1.58. The van der Waals surface area contributed by atoms with Gasteiger partial charge in [0.05, 0.1) is 11.1 Å². The van der Waals surface area contributed by atoms with Crippen LogP contribution in [0.1, 0.15) is 49.4 Å². The Morgan fingerprint density at radius 2 is 2.14 bits per heavy atom. The lowest BCUT2D eigenvalue weighted by molar-refractivity contribution is -0.147. The third-order valence-electron chi connectivity index (χ3n) is 4.59. The molecule has 2 heterocycles. The Bertz CT molecular complexity index is 922. The maximum Gasteiger partial charge on any atom is 0.319 e. The maximum absolute atomic E-state index is 12.5. The Hall–Kier alpha value is -1.87. The van der Waals surface area contributed by atoms with Crippen molar-refractivity contribution in [2.75, 3.05) is 13.2 Å². The second-order valence-corrected chi connectivity index (χ2v) is 9.23. The number of ether oxygens (including phenoxy) is 1. The number of thioether (sulfide) groups is 1. The van der Waals surface area contributed by atoms with E-state index in [9.17, 15) is 14.4 Å². The first-order valence-corrected chi connectivity index (χ1v) is 11.4. The first kappa shape index (κ1) is 20.9. The zero-order valence-corrected chi connectivity index (χ0v) is 17.8. The van der Waals surface area contributed by atoms with Crippen molar-refractivity contribution in [3.63, 3.8) is 0 Å². The molecular formula is C19H25N3O4S2. The highest BCUT2D eigenvalue weighted by Crippen LogP contribution is 2.33. The van der Waals surface area contributed by atoms with E-state index in [2.05, 4.69) is 15.3 Å². The van der Waals surface area contributed by atoms with Crippen molar-refractivity contribution < 1.29 is 14.3 Å². The number of fused-ring (bicyclic) bond motifs is 3. The molecule has 9 heteroatoms. The number of carbonyl (C=O) groups is 2. The molecule has 152 valence electrons. The van der Waals surface area contributed by atoms with Gasteiger partial charge in [0.25, 0.3) is 11.5 Å². The molecule has 1 amide bonds. The number of carbonyl (C=O) groups excluding carboxylic acids is 2. The fourth-order valence-electron chi connectivity index (χ4n) is 3.12. The van der Waals surface area contributed by atoms with Crippen LogP contribution in [0, 0.1) is 0 Å². The quantitative estimate of drug-likeness (QED) is 0.633. The minimum Gasteiger partial charge on any atom is -0.455 e. The molecule has 0 bridgehead atoms. The zero-order chi connectivity index (χ0) is 20.1. The molecule has 2 aromatic heterocycles. The number of nitrogens with one attached hydrogen (secondary N) is 2. The summed E-state index contributed by atoms with van der Waals surface area (Å²) in [6.07, 6.45) is 5.08. The van der Waals surface area contributed by atoms with Crippen LogP contribution in [0.2, 0.25) is 0 Å². The fourth-order valence-corrected chi connectivity index (χ4v) is 5.15. The van der Waals surface area contributed by atoms with Gasteiger partial charge in [-0.2, -0.15) is 0 Å². The summed E-state index contributed by atoms with van der Waals surface area (Å²) in [5.41, 5.74) is 1.07. The molecule has 2 aromatic rings. The first-order chi connectivity index (χ1) is 13.5. The van der Waals surface area contributed by atoms with Crippen molar-refractivity contribution in [1.82, 2.24) is 15.3 Å². The molecule has 3 rings (SSSR count). The zero-order valence-electron chi connectivity index (χ0n) is 16.1. The molecule has 0 aliphatic heterocycles. The van der Waals surface area contributed by atoms with E-state index in [4.69, 9.17) is 4.74 Å². The second-order valence-electron chi connectivity index (χ2n) is 6.81. The van der Waals surface area contributed by atoms with E-state index in [1.165, 1.54) is 16.6 Å². The number of aryl methyl sites for hydroxylation is 2. The summed E-state index contributed by atoms with van der Waals surface area (Å²) >= 11 is 2.93. The summed E-state index contributed by atoms with van der Waals surface area (Å²) in [5, 5.41) is 2.93. The number of H-pyrrole nitrogens is 1. The van der Waals surface area contributed by atoms with Gasteiger partial charge >= 0.3 is 5.97 Å². The van der Waals surface area contributed by atoms with Crippen LogP contribution in [0.3, 0.4) is 0 Å². The highest BCUT2D eigenvalue weighted by molar-refractivity contribution is 7.99. The van der Waals surface area contributed by atoms with Gasteiger partial charge in [0.2, 0.25) is 0 Å². The molecule has 1 atom stereocenters. The number of hydrogen-bond donors (Lipinski definition) is 2. The summed E-state index contributed by atoms with van der Waals surface area (Å²) in [4.78, 5) is 45.6. The molecule has 0 spiro atoms. The Morgan fingerprint density at radius 3 is 2.93 bits per heavy atom. The number of hydrogen-bond acceptors (Lipinski definition) is 7. The predicted molar refractivity (Wildman–Crippen MR) is 112 cm³/mol. The topological polar surface area (TPSA) is 101 Å². The van der Waals surface area contributed by atoms with Crippen molar-refractivity contribution in [2.24, 2.45) is 0 Å². The number of nitrogens with zero attached hydrogens (tertiary/aromatic N) is 1. The first-order valence-electron chi connectivity index (χ1n) is 9.58. The van der Waals surface area contributed by atoms with Gasteiger partial charge in [-0.05, 0) is 44.6 Å². The van der Waals surface area contributed by atoms with Crippen LogP contribution in [0.4, 0.5) is 0 Å². The van der Waals surface area contributed by atoms with Crippen molar-refractivity contribution in [2.45, 2.75) is 57.0 Å². The van der Waals surface area contributed by atoms with E-state index >= 15 is 0 Å².